The molecule has 1 unspecified atom stereocenters. The summed E-state index contributed by atoms with van der Waals surface area (Å²) in [6, 6.07) is 0. The first-order valence-corrected chi connectivity index (χ1v) is 4.41. The van der Waals surface area contributed by atoms with Crippen LogP contribution in [0.15, 0.2) is 6.33 Å². The van der Waals surface area contributed by atoms with E-state index in [-0.39, 0.29) is 6.54 Å². The summed E-state index contributed by atoms with van der Waals surface area (Å²) in [4.78, 5) is 0. The van der Waals surface area contributed by atoms with E-state index in [0.29, 0.717) is 11.7 Å². The smallest absolute Gasteiger partial charge is 0.163 e. The molecular weight excluding hydrogens is 168 g/mol. The Labute approximate surface area is 77.6 Å². The SMILES string of the molecule is CC(C)Cn1cnnc1C(O)CN. The maximum absolute atomic E-state index is 9.46. The highest BCUT2D eigenvalue weighted by Crippen LogP contribution is 2.09. The van der Waals surface area contributed by atoms with Crippen LogP contribution in [-0.2, 0) is 6.54 Å². The standard InChI is InChI=1S/C8H16N4O/c1-6(2)4-12-5-10-11-8(12)7(13)3-9/h5-7,13H,3-4,9H2,1-2H3. The second-order valence-corrected chi connectivity index (χ2v) is 3.49. The number of nitrogens with zero attached hydrogens (tertiary/aromatic N) is 3. The van der Waals surface area contributed by atoms with Crippen molar-refractivity contribution < 1.29 is 5.11 Å². The van der Waals surface area contributed by atoms with Crippen LogP contribution < -0.4 is 5.73 Å². The Hall–Kier alpha value is -0.940. The fourth-order valence-electron chi connectivity index (χ4n) is 1.16. The summed E-state index contributed by atoms with van der Waals surface area (Å²) >= 11 is 0. The molecule has 1 aromatic heterocycles. The third-order valence-electron chi connectivity index (χ3n) is 1.73. The lowest BCUT2D eigenvalue weighted by Crippen LogP contribution is -2.18. The second kappa shape index (κ2) is 4.34. The first kappa shape index (κ1) is 10.1. The molecule has 0 saturated heterocycles. The molecule has 1 atom stereocenters. The summed E-state index contributed by atoms with van der Waals surface area (Å²) in [7, 11) is 0. The molecule has 1 rings (SSSR count). The van der Waals surface area contributed by atoms with Gasteiger partial charge in [0.15, 0.2) is 5.82 Å². The highest BCUT2D eigenvalue weighted by molar-refractivity contribution is 4.91. The summed E-state index contributed by atoms with van der Waals surface area (Å²) in [5.41, 5.74) is 5.33. The van der Waals surface area contributed by atoms with Gasteiger partial charge < -0.3 is 15.4 Å². The summed E-state index contributed by atoms with van der Waals surface area (Å²) < 4.78 is 1.84. The van der Waals surface area contributed by atoms with E-state index in [4.69, 9.17) is 5.73 Å². The minimum atomic E-state index is -0.707. The summed E-state index contributed by atoms with van der Waals surface area (Å²) in [5, 5.41) is 17.0. The van der Waals surface area contributed by atoms with Gasteiger partial charge >= 0.3 is 0 Å². The largest absolute Gasteiger partial charge is 0.384 e. The van der Waals surface area contributed by atoms with Gasteiger partial charge in [0.2, 0.25) is 0 Å². The molecule has 13 heavy (non-hydrogen) atoms. The first-order chi connectivity index (χ1) is 6.15. The van der Waals surface area contributed by atoms with E-state index < -0.39 is 6.10 Å². The predicted molar refractivity (Wildman–Crippen MR) is 48.9 cm³/mol. The van der Waals surface area contributed by atoms with E-state index in [1.54, 1.807) is 6.33 Å². The lowest BCUT2D eigenvalue weighted by Gasteiger charge is -2.11. The Morgan fingerprint density at radius 3 is 2.85 bits per heavy atom. The molecular formula is C8H16N4O. The third-order valence-corrected chi connectivity index (χ3v) is 1.73. The molecule has 0 spiro atoms. The number of hydrogen-bond donors (Lipinski definition) is 2. The highest BCUT2D eigenvalue weighted by Gasteiger charge is 2.13. The minimum Gasteiger partial charge on any atom is -0.384 e. The van der Waals surface area contributed by atoms with Crippen molar-refractivity contribution in [1.82, 2.24) is 14.8 Å². The summed E-state index contributed by atoms with van der Waals surface area (Å²) in [6.45, 7) is 5.17. The number of aliphatic hydroxyl groups excluding tert-OH is 1. The molecule has 0 aromatic carbocycles. The molecule has 0 saturated carbocycles. The third kappa shape index (κ3) is 2.50. The zero-order valence-electron chi connectivity index (χ0n) is 8.01. The molecule has 5 nitrogen and oxygen atoms in total. The van der Waals surface area contributed by atoms with Gasteiger partial charge in [-0.25, -0.2) is 0 Å². The maximum atomic E-state index is 9.46. The van der Waals surface area contributed by atoms with Crippen LogP contribution >= 0.6 is 0 Å². The molecule has 0 aliphatic rings. The first-order valence-electron chi connectivity index (χ1n) is 4.41. The Bertz CT molecular complexity index is 258. The van der Waals surface area contributed by atoms with Gasteiger partial charge in [0.25, 0.3) is 0 Å². The Morgan fingerprint density at radius 1 is 1.62 bits per heavy atom. The highest BCUT2D eigenvalue weighted by atomic mass is 16.3. The normalized spacial score (nSPS) is 13.6. The van der Waals surface area contributed by atoms with E-state index in [0.717, 1.165) is 6.54 Å². The van der Waals surface area contributed by atoms with Crippen LogP contribution in [0.2, 0.25) is 0 Å². The number of hydrogen-bond acceptors (Lipinski definition) is 4. The average Bonchev–Trinajstić information content (AvgIpc) is 2.50. The van der Waals surface area contributed by atoms with Gasteiger partial charge in [-0.1, -0.05) is 13.8 Å². The Kier molecular flexibility index (Phi) is 3.39. The van der Waals surface area contributed by atoms with Crippen LogP contribution in [0, 0.1) is 5.92 Å². The van der Waals surface area contributed by atoms with Crippen molar-refractivity contribution in [3.8, 4) is 0 Å². The van der Waals surface area contributed by atoms with Gasteiger partial charge in [-0.15, -0.1) is 10.2 Å². The van der Waals surface area contributed by atoms with Crippen LogP contribution in [0.5, 0.6) is 0 Å². The van der Waals surface area contributed by atoms with E-state index in [1.165, 1.54) is 0 Å². The van der Waals surface area contributed by atoms with Crippen molar-refractivity contribution in [1.29, 1.82) is 0 Å². The monoisotopic (exact) mass is 184 g/mol. The molecule has 1 heterocycles. The topological polar surface area (TPSA) is 77.0 Å². The molecule has 1 aromatic rings. The van der Waals surface area contributed by atoms with Crippen molar-refractivity contribution in [2.45, 2.75) is 26.5 Å². The van der Waals surface area contributed by atoms with Crippen LogP contribution in [0.1, 0.15) is 25.8 Å². The molecule has 0 fully saturated rings. The fraction of sp³-hybridized carbons (Fsp3) is 0.750. The zero-order chi connectivity index (χ0) is 9.84. The average molecular weight is 184 g/mol. The summed E-state index contributed by atoms with van der Waals surface area (Å²) in [5.74, 6) is 1.05. The lowest BCUT2D eigenvalue weighted by molar-refractivity contribution is 0.170. The molecule has 0 aliphatic heterocycles. The van der Waals surface area contributed by atoms with Gasteiger partial charge in [-0.2, -0.15) is 0 Å². The number of aliphatic hydroxyl groups is 1. The van der Waals surface area contributed by atoms with Gasteiger partial charge in [0.1, 0.15) is 12.4 Å². The second-order valence-electron chi connectivity index (χ2n) is 3.49. The minimum absolute atomic E-state index is 0.177. The van der Waals surface area contributed by atoms with Gasteiger partial charge in [0.05, 0.1) is 0 Å². The predicted octanol–water partition coefficient (Wildman–Crippen LogP) is -0.0738. The molecule has 3 N–H and O–H groups in total. The van der Waals surface area contributed by atoms with Crippen molar-refractivity contribution in [2.24, 2.45) is 11.7 Å². The number of nitrogens with two attached hydrogens (primary N) is 1. The quantitative estimate of drug-likeness (QED) is 0.686. The van der Waals surface area contributed by atoms with E-state index >= 15 is 0 Å². The zero-order valence-corrected chi connectivity index (χ0v) is 8.01. The van der Waals surface area contributed by atoms with Crippen LogP contribution in [0.4, 0.5) is 0 Å². The number of rotatable bonds is 4. The molecule has 74 valence electrons. The van der Waals surface area contributed by atoms with E-state index in [1.807, 2.05) is 4.57 Å². The van der Waals surface area contributed by atoms with E-state index in [2.05, 4.69) is 24.0 Å². The fourth-order valence-corrected chi connectivity index (χ4v) is 1.16. The van der Waals surface area contributed by atoms with Gasteiger partial charge in [-0.3, -0.25) is 0 Å². The molecule has 0 aliphatic carbocycles. The van der Waals surface area contributed by atoms with Gasteiger partial charge in [0, 0.05) is 13.1 Å². The van der Waals surface area contributed by atoms with Crippen molar-refractivity contribution in [3.63, 3.8) is 0 Å². The van der Waals surface area contributed by atoms with Crippen molar-refractivity contribution >= 4 is 0 Å². The van der Waals surface area contributed by atoms with Crippen molar-refractivity contribution in [3.05, 3.63) is 12.2 Å². The number of aromatic nitrogens is 3. The maximum Gasteiger partial charge on any atom is 0.163 e. The van der Waals surface area contributed by atoms with Crippen LogP contribution in [-0.4, -0.2) is 26.4 Å². The Morgan fingerprint density at radius 2 is 2.31 bits per heavy atom. The molecule has 0 amide bonds. The van der Waals surface area contributed by atoms with Crippen LogP contribution in [0.3, 0.4) is 0 Å². The Balaban J connectivity index is 2.76. The van der Waals surface area contributed by atoms with Crippen molar-refractivity contribution in [2.75, 3.05) is 6.54 Å². The summed E-state index contributed by atoms with van der Waals surface area (Å²) in [6.07, 6.45) is 0.912. The molecule has 0 radical (unpaired) electrons. The lowest BCUT2D eigenvalue weighted by atomic mass is 10.2. The molecule has 0 bridgehead atoms. The molecule has 5 heteroatoms. The van der Waals surface area contributed by atoms with Crippen LogP contribution in [0.25, 0.3) is 0 Å². The van der Waals surface area contributed by atoms with Gasteiger partial charge in [-0.05, 0) is 5.92 Å². The van der Waals surface area contributed by atoms with E-state index in [9.17, 15) is 5.11 Å².